The molecular formula is C49H33N3U. The first-order valence-electron chi connectivity index (χ1n) is 17.8. The van der Waals surface area contributed by atoms with Crippen LogP contribution in [-0.2, 0) is 5.41 Å². The topological polar surface area (TPSA) is 30.7 Å². The van der Waals surface area contributed by atoms with Gasteiger partial charge in [-0.05, 0) is 46.9 Å². The summed E-state index contributed by atoms with van der Waals surface area (Å²) in [5.41, 5.74) is 15.5. The van der Waals surface area contributed by atoms with Gasteiger partial charge in [-0.25, -0.2) is 21.1 Å². The van der Waals surface area contributed by atoms with Crippen molar-refractivity contribution in [1.82, 2.24) is 14.5 Å². The Labute approximate surface area is 333 Å². The molecule has 1 aliphatic carbocycles. The summed E-state index contributed by atoms with van der Waals surface area (Å²) in [6.07, 6.45) is 0. The fourth-order valence-corrected chi connectivity index (χ4v) is 8.34. The van der Waals surface area contributed by atoms with Crippen LogP contribution in [0.1, 0.15) is 25.0 Å². The molecule has 0 saturated carbocycles. The minimum absolute atomic E-state index is 0. The molecule has 0 aliphatic heterocycles. The number of rotatable bonds is 5. The molecule has 1 aliphatic rings. The molecule has 2 aromatic heterocycles. The van der Waals surface area contributed by atoms with Crippen LogP contribution in [0.15, 0.2) is 164 Å². The van der Waals surface area contributed by atoms with Crippen LogP contribution in [0.3, 0.4) is 0 Å². The maximum atomic E-state index is 5.14. The van der Waals surface area contributed by atoms with E-state index in [1.807, 2.05) is 36.4 Å². The van der Waals surface area contributed by atoms with Gasteiger partial charge in [-0.1, -0.05) is 111 Å². The Kier molecular flexibility index (Phi) is 8.27. The van der Waals surface area contributed by atoms with Crippen molar-refractivity contribution < 1.29 is 31.1 Å². The number of nitrogens with zero attached hydrogens (tertiary/aromatic N) is 3. The van der Waals surface area contributed by atoms with Crippen LogP contribution in [-0.4, -0.2) is 14.5 Å². The van der Waals surface area contributed by atoms with Crippen molar-refractivity contribution in [3.05, 3.63) is 187 Å². The quantitative estimate of drug-likeness (QED) is 0.161. The predicted octanol–water partition coefficient (Wildman–Crippen LogP) is 12.1. The first kappa shape index (κ1) is 33.3. The van der Waals surface area contributed by atoms with Gasteiger partial charge in [0, 0.05) is 33.2 Å². The maximum absolute atomic E-state index is 5.14. The van der Waals surface area contributed by atoms with Crippen LogP contribution in [0.5, 0.6) is 0 Å². The fourth-order valence-electron chi connectivity index (χ4n) is 8.34. The second-order valence-corrected chi connectivity index (χ2v) is 14.0. The van der Waals surface area contributed by atoms with Crippen LogP contribution < -0.4 is 0 Å². The van der Waals surface area contributed by atoms with Gasteiger partial charge in [0.05, 0.1) is 22.4 Å². The third kappa shape index (κ3) is 5.40. The minimum Gasteiger partial charge on any atom is -0.309 e. The van der Waals surface area contributed by atoms with Gasteiger partial charge in [-0.15, -0.1) is 17.7 Å². The number of para-hydroxylation sites is 1. The fraction of sp³-hybridized carbons (Fsp3) is 0.0612. The van der Waals surface area contributed by atoms with Gasteiger partial charge in [-0.2, -0.15) is 42.0 Å². The third-order valence-corrected chi connectivity index (χ3v) is 10.6. The van der Waals surface area contributed by atoms with Gasteiger partial charge in [-0.3, -0.25) is 0 Å². The SMILES string of the molecule is CC1(C)c2c(-c3[c-]cccc3)[c-]ccc2-c2ccc3c(c21)c1ccccc1n3-c1cccc(-c2cc(-c3ccccc3)nc(-c3ccccc3)n2)c1.[U+2]. The van der Waals surface area contributed by atoms with Crippen molar-refractivity contribution in [2.75, 3.05) is 0 Å². The Hall–Kier alpha value is -5.53. The van der Waals surface area contributed by atoms with E-state index in [1.165, 1.54) is 44.1 Å². The van der Waals surface area contributed by atoms with Crippen molar-refractivity contribution in [2.24, 2.45) is 0 Å². The van der Waals surface area contributed by atoms with Gasteiger partial charge < -0.3 is 4.57 Å². The zero-order valence-electron chi connectivity index (χ0n) is 29.4. The van der Waals surface area contributed by atoms with Gasteiger partial charge >= 0.3 is 31.1 Å². The summed E-state index contributed by atoms with van der Waals surface area (Å²) >= 11 is 0. The first-order chi connectivity index (χ1) is 25.6. The molecule has 0 radical (unpaired) electrons. The number of aromatic nitrogens is 3. The molecule has 9 aromatic rings. The number of fused-ring (bicyclic) bond motifs is 7. The molecule has 0 atom stereocenters. The maximum Gasteiger partial charge on any atom is 2.00 e. The summed E-state index contributed by atoms with van der Waals surface area (Å²) in [6.45, 7) is 4.74. The largest absolute Gasteiger partial charge is 2.00 e. The summed E-state index contributed by atoms with van der Waals surface area (Å²) in [5, 5.41) is 2.54. The van der Waals surface area contributed by atoms with Gasteiger partial charge in [0.1, 0.15) is 0 Å². The van der Waals surface area contributed by atoms with E-state index in [1.54, 1.807) is 0 Å². The Morgan fingerprint density at radius 2 is 1.21 bits per heavy atom. The number of benzene rings is 7. The third-order valence-electron chi connectivity index (χ3n) is 10.6. The molecule has 4 heteroatoms. The zero-order chi connectivity index (χ0) is 34.8. The van der Waals surface area contributed by atoms with Crippen LogP contribution >= 0.6 is 0 Å². The van der Waals surface area contributed by atoms with Crippen molar-refractivity contribution in [3.63, 3.8) is 0 Å². The van der Waals surface area contributed by atoms with E-state index in [0.29, 0.717) is 5.82 Å². The molecule has 248 valence electrons. The Morgan fingerprint density at radius 3 is 1.98 bits per heavy atom. The number of hydrogen-bond acceptors (Lipinski definition) is 2. The molecule has 0 amide bonds. The van der Waals surface area contributed by atoms with E-state index in [9.17, 15) is 0 Å². The molecular weight excluding hydrogens is 869 g/mol. The average Bonchev–Trinajstić information content (AvgIpc) is 3.67. The molecule has 0 fully saturated rings. The first-order valence-corrected chi connectivity index (χ1v) is 17.8. The van der Waals surface area contributed by atoms with Crippen LogP contribution in [0.25, 0.3) is 83.6 Å². The second kappa shape index (κ2) is 13.2. The Balaban J connectivity index is 0.00000372. The molecule has 10 rings (SSSR count). The summed E-state index contributed by atoms with van der Waals surface area (Å²) in [7, 11) is 0. The molecule has 0 bridgehead atoms. The van der Waals surface area contributed by atoms with Crippen molar-refractivity contribution >= 4 is 21.8 Å². The molecule has 0 saturated heterocycles. The zero-order valence-corrected chi connectivity index (χ0v) is 33.6. The summed E-state index contributed by atoms with van der Waals surface area (Å²) < 4.78 is 2.42. The second-order valence-electron chi connectivity index (χ2n) is 14.0. The van der Waals surface area contributed by atoms with E-state index < -0.39 is 0 Å². The minimum atomic E-state index is -0.264. The van der Waals surface area contributed by atoms with Crippen LogP contribution in [0, 0.1) is 43.2 Å². The van der Waals surface area contributed by atoms with E-state index >= 15 is 0 Å². The molecule has 0 spiro atoms. The summed E-state index contributed by atoms with van der Waals surface area (Å²) in [4.78, 5) is 10.2. The summed E-state index contributed by atoms with van der Waals surface area (Å²) in [5.74, 6) is 0.710. The van der Waals surface area contributed by atoms with Gasteiger partial charge in [0.2, 0.25) is 0 Å². The Morgan fingerprint density at radius 1 is 0.528 bits per heavy atom. The van der Waals surface area contributed by atoms with E-state index in [4.69, 9.17) is 9.97 Å². The van der Waals surface area contributed by atoms with Gasteiger partial charge in [0.25, 0.3) is 0 Å². The molecule has 7 aromatic carbocycles. The molecule has 53 heavy (non-hydrogen) atoms. The summed E-state index contributed by atoms with van der Waals surface area (Å²) in [6, 6.07) is 64.5. The molecule has 2 heterocycles. The van der Waals surface area contributed by atoms with Crippen molar-refractivity contribution in [3.8, 4) is 61.8 Å². The van der Waals surface area contributed by atoms with Gasteiger partial charge in [0.15, 0.2) is 5.82 Å². The molecule has 0 unspecified atom stereocenters. The Bertz CT molecular complexity index is 2750. The number of hydrogen-bond donors (Lipinski definition) is 0. The predicted molar refractivity (Wildman–Crippen MR) is 213 cm³/mol. The standard InChI is InChI=1S/C49H33N3.U/c1-49(2)46-37(32-16-6-3-7-17-32)25-15-26-38(46)39-28-29-44-45(47(39)49)40-24-12-13-27-43(40)52(44)36-23-14-22-35(30-36)42-31-41(33-18-8-4-9-19-33)50-48(51-42)34-20-10-5-11-21-34;/h3-16,18-24,26-31H,1-2H3;/q-2;+2. The van der Waals surface area contributed by atoms with Crippen LogP contribution in [0.4, 0.5) is 0 Å². The molecule has 3 nitrogen and oxygen atoms in total. The van der Waals surface area contributed by atoms with E-state index in [0.717, 1.165) is 44.9 Å². The van der Waals surface area contributed by atoms with E-state index in [2.05, 4.69) is 158 Å². The van der Waals surface area contributed by atoms with Crippen LogP contribution in [0.2, 0.25) is 0 Å². The normalized spacial score (nSPS) is 12.7. The van der Waals surface area contributed by atoms with Crippen molar-refractivity contribution in [1.29, 1.82) is 0 Å². The van der Waals surface area contributed by atoms with Crippen molar-refractivity contribution in [2.45, 2.75) is 19.3 Å². The molecule has 0 N–H and O–H groups in total. The monoisotopic (exact) mass is 901 g/mol. The smallest absolute Gasteiger partial charge is 0.309 e. The average molecular weight is 902 g/mol. The van der Waals surface area contributed by atoms with E-state index in [-0.39, 0.29) is 36.5 Å².